The molecule has 0 saturated carbocycles. The van der Waals surface area contributed by atoms with Gasteiger partial charge in [-0.1, -0.05) is 6.07 Å². The van der Waals surface area contributed by atoms with Crippen LogP contribution in [-0.4, -0.2) is 22.5 Å². The normalized spacial score (nSPS) is 11.8. The molecule has 1 heterocycles. The van der Waals surface area contributed by atoms with E-state index in [1.54, 1.807) is 6.92 Å². The zero-order valence-electron chi connectivity index (χ0n) is 10.4. The molecule has 0 fully saturated rings. The largest absolute Gasteiger partial charge is 0.462 e. The van der Waals surface area contributed by atoms with Crippen LogP contribution in [0.15, 0.2) is 18.2 Å². The Labute approximate surface area is 111 Å². The third kappa shape index (κ3) is 2.13. The van der Waals surface area contributed by atoms with Crippen LogP contribution < -0.4 is 5.73 Å². The number of anilines is 1. The monoisotopic (exact) mass is 288 g/mol. The van der Waals surface area contributed by atoms with Crippen molar-refractivity contribution in [3.05, 3.63) is 29.3 Å². The minimum absolute atomic E-state index is 0.0804. The van der Waals surface area contributed by atoms with E-state index in [1.165, 1.54) is 0 Å². The van der Waals surface area contributed by atoms with Gasteiger partial charge in [0, 0.05) is 5.39 Å². The molecule has 0 bridgehead atoms. The van der Waals surface area contributed by atoms with Crippen LogP contribution in [0.25, 0.3) is 10.9 Å². The van der Waals surface area contributed by atoms with E-state index < -0.39 is 17.7 Å². The first-order chi connectivity index (χ1) is 9.27. The van der Waals surface area contributed by atoms with Gasteiger partial charge >= 0.3 is 12.1 Å². The molecule has 0 radical (unpaired) electrons. The molecule has 8 heteroatoms. The van der Waals surface area contributed by atoms with Gasteiger partial charge in [-0.25, -0.2) is 4.79 Å². The Morgan fingerprint density at radius 2 is 2.10 bits per heavy atom. The van der Waals surface area contributed by atoms with Crippen molar-refractivity contribution in [1.29, 1.82) is 0 Å². The second kappa shape index (κ2) is 4.62. The van der Waals surface area contributed by atoms with E-state index in [2.05, 4.69) is 0 Å². The molecule has 0 aliphatic heterocycles. The van der Waals surface area contributed by atoms with Crippen LogP contribution in [0.3, 0.4) is 0 Å². The summed E-state index contributed by atoms with van der Waals surface area (Å²) in [6, 6.07) is 2.60. The molecule has 5 nitrogen and oxygen atoms in total. The Balaban J connectivity index is 2.68. The summed E-state index contributed by atoms with van der Waals surface area (Å²) in [5, 5.41) is 9.80. The number of nitrogen functional groups attached to an aromatic ring is 1. The van der Waals surface area contributed by atoms with Crippen molar-refractivity contribution in [2.24, 2.45) is 0 Å². The molecule has 0 unspecified atom stereocenters. The molecular weight excluding hydrogens is 277 g/mol. The van der Waals surface area contributed by atoms with Crippen LogP contribution in [0, 0.1) is 0 Å². The minimum Gasteiger partial charge on any atom is -0.462 e. The number of carbonyl (C=O) groups excluding carboxylic acids is 1. The average molecular weight is 288 g/mol. The molecule has 0 saturated heterocycles. The molecular formula is C12H11F3N2O3. The molecule has 0 aliphatic rings. The zero-order chi connectivity index (χ0) is 15.1. The molecule has 0 amide bonds. The first-order valence-corrected chi connectivity index (χ1v) is 5.64. The summed E-state index contributed by atoms with van der Waals surface area (Å²) in [6.45, 7) is 1.66. The quantitative estimate of drug-likeness (QED) is 0.658. The molecule has 108 valence electrons. The van der Waals surface area contributed by atoms with Gasteiger partial charge in [-0.15, -0.1) is 0 Å². The summed E-state index contributed by atoms with van der Waals surface area (Å²) in [6.07, 6.45) is -4.56. The highest BCUT2D eigenvalue weighted by Gasteiger charge is 2.32. The first-order valence-electron chi connectivity index (χ1n) is 5.64. The summed E-state index contributed by atoms with van der Waals surface area (Å²) in [4.78, 5) is 11.7. The molecule has 1 aromatic heterocycles. The summed E-state index contributed by atoms with van der Waals surface area (Å²) in [7, 11) is 0. The van der Waals surface area contributed by atoms with Crippen molar-refractivity contribution >= 4 is 22.7 Å². The predicted octanol–water partition coefficient (Wildman–Crippen LogP) is 2.66. The Bertz CT molecular complexity index is 677. The Kier molecular flexibility index (Phi) is 3.24. The number of nitrogens with zero attached hydrogens (tertiary/aromatic N) is 1. The number of nitrogens with two attached hydrogens (primary N) is 1. The van der Waals surface area contributed by atoms with Crippen LogP contribution >= 0.6 is 0 Å². The lowest BCUT2D eigenvalue weighted by atomic mass is 10.1. The molecule has 0 spiro atoms. The van der Waals surface area contributed by atoms with Crippen molar-refractivity contribution in [1.82, 2.24) is 4.73 Å². The summed E-state index contributed by atoms with van der Waals surface area (Å²) in [5.74, 6) is -1.17. The van der Waals surface area contributed by atoms with Gasteiger partial charge < -0.3 is 15.7 Å². The SMILES string of the molecule is CCOC(=O)c1c(N)n(O)c2cc(C(F)(F)F)ccc12. The van der Waals surface area contributed by atoms with Gasteiger partial charge in [-0.3, -0.25) is 0 Å². The van der Waals surface area contributed by atoms with E-state index in [0.29, 0.717) is 10.8 Å². The second-order valence-electron chi connectivity index (χ2n) is 4.02. The molecule has 3 N–H and O–H groups in total. The number of esters is 1. The molecule has 1 aromatic carbocycles. The van der Waals surface area contributed by atoms with Gasteiger partial charge in [0.15, 0.2) is 5.82 Å². The number of hydrogen-bond donors (Lipinski definition) is 2. The highest BCUT2D eigenvalue weighted by molar-refractivity contribution is 6.09. The van der Waals surface area contributed by atoms with Crippen molar-refractivity contribution in [3.63, 3.8) is 0 Å². The van der Waals surface area contributed by atoms with Crippen LogP contribution in [0.5, 0.6) is 0 Å². The highest BCUT2D eigenvalue weighted by atomic mass is 19.4. The number of fused-ring (bicyclic) bond motifs is 1. The fourth-order valence-corrected chi connectivity index (χ4v) is 1.89. The van der Waals surface area contributed by atoms with Crippen molar-refractivity contribution in [3.8, 4) is 0 Å². The number of benzene rings is 1. The van der Waals surface area contributed by atoms with Crippen molar-refractivity contribution < 1.29 is 27.9 Å². The van der Waals surface area contributed by atoms with Crippen LogP contribution in [-0.2, 0) is 10.9 Å². The molecule has 20 heavy (non-hydrogen) atoms. The number of ether oxygens (including phenoxy) is 1. The maximum absolute atomic E-state index is 12.6. The van der Waals surface area contributed by atoms with Crippen molar-refractivity contribution in [2.75, 3.05) is 12.3 Å². The van der Waals surface area contributed by atoms with E-state index >= 15 is 0 Å². The minimum atomic E-state index is -4.56. The predicted molar refractivity (Wildman–Crippen MR) is 64.5 cm³/mol. The Morgan fingerprint density at radius 3 is 2.65 bits per heavy atom. The number of carbonyl (C=O) groups is 1. The third-order valence-corrected chi connectivity index (χ3v) is 2.79. The lowest BCUT2D eigenvalue weighted by Gasteiger charge is -2.06. The van der Waals surface area contributed by atoms with E-state index in [0.717, 1.165) is 12.1 Å². The van der Waals surface area contributed by atoms with E-state index in [4.69, 9.17) is 10.5 Å². The fourth-order valence-electron chi connectivity index (χ4n) is 1.89. The fraction of sp³-hybridized carbons (Fsp3) is 0.250. The van der Waals surface area contributed by atoms with Crippen LogP contribution in [0.1, 0.15) is 22.8 Å². The summed E-state index contributed by atoms with van der Waals surface area (Å²) >= 11 is 0. The number of halogens is 3. The summed E-state index contributed by atoms with van der Waals surface area (Å²) in [5.41, 5.74) is 4.22. The maximum atomic E-state index is 12.6. The number of aromatic nitrogens is 1. The number of alkyl halides is 3. The van der Waals surface area contributed by atoms with Gasteiger partial charge in [0.25, 0.3) is 0 Å². The molecule has 2 aromatic rings. The maximum Gasteiger partial charge on any atom is 0.416 e. The lowest BCUT2D eigenvalue weighted by molar-refractivity contribution is -0.137. The van der Waals surface area contributed by atoms with Gasteiger partial charge in [0.2, 0.25) is 0 Å². The van der Waals surface area contributed by atoms with E-state index in [1.807, 2.05) is 0 Å². The van der Waals surface area contributed by atoms with E-state index in [-0.39, 0.29) is 28.9 Å². The lowest BCUT2D eigenvalue weighted by Crippen LogP contribution is -2.08. The topological polar surface area (TPSA) is 77.5 Å². The zero-order valence-corrected chi connectivity index (χ0v) is 10.4. The second-order valence-corrected chi connectivity index (χ2v) is 4.02. The smallest absolute Gasteiger partial charge is 0.416 e. The molecule has 2 rings (SSSR count). The van der Waals surface area contributed by atoms with Gasteiger partial charge in [-0.05, 0) is 19.1 Å². The Hall–Kier alpha value is -2.38. The Morgan fingerprint density at radius 1 is 1.45 bits per heavy atom. The molecule has 0 aliphatic carbocycles. The third-order valence-electron chi connectivity index (χ3n) is 2.79. The number of rotatable bonds is 2. The van der Waals surface area contributed by atoms with E-state index in [9.17, 15) is 23.2 Å². The highest BCUT2D eigenvalue weighted by Crippen LogP contribution is 2.34. The van der Waals surface area contributed by atoms with Gasteiger partial charge in [-0.2, -0.15) is 17.9 Å². The first kappa shape index (κ1) is 14.0. The van der Waals surface area contributed by atoms with Crippen LogP contribution in [0.2, 0.25) is 0 Å². The average Bonchev–Trinajstić information content (AvgIpc) is 2.61. The van der Waals surface area contributed by atoms with Gasteiger partial charge in [0.05, 0.1) is 17.7 Å². The summed E-state index contributed by atoms with van der Waals surface area (Å²) < 4.78 is 43.0. The van der Waals surface area contributed by atoms with Crippen LogP contribution in [0.4, 0.5) is 19.0 Å². The number of hydrogen-bond acceptors (Lipinski definition) is 4. The van der Waals surface area contributed by atoms with Gasteiger partial charge in [0.1, 0.15) is 5.56 Å². The van der Waals surface area contributed by atoms with Crippen molar-refractivity contribution in [2.45, 2.75) is 13.1 Å². The molecule has 0 atom stereocenters. The standard InChI is InChI=1S/C12H11F3N2O3/c1-2-20-11(18)9-7-4-3-6(12(13,14)15)5-8(7)17(19)10(9)16/h3-5,19H,2,16H2,1H3.